The minimum atomic E-state index is -1.08. The molecule has 0 spiro atoms. The van der Waals surface area contributed by atoms with Gasteiger partial charge in [0.15, 0.2) is 0 Å². The van der Waals surface area contributed by atoms with Crippen molar-refractivity contribution in [2.45, 2.75) is 6.92 Å². The summed E-state index contributed by atoms with van der Waals surface area (Å²) < 4.78 is 5.48. The Labute approximate surface area is 193 Å². The van der Waals surface area contributed by atoms with Gasteiger partial charge in [0, 0.05) is 37.4 Å². The molecular formula is C26H27N3O4. The first kappa shape index (κ1) is 22.2. The van der Waals surface area contributed by atoms with E-state index in [1.807, 2.05) is 49.4 Å². The van der Waals surface area contributed by atoms with Crippen LogP contribution < -0.4 is 19.9 Å². The molecule has 170 valence electrons. The van der Waals surface area contributed by atoms with E-state index in [-0.39, 0.29) is 17.2 Å². The number of para-hydroxylation sites is 2. The fourth-order valence-electron chi connectivity index (χ4n) is 4.01. The smallest absolute Gasteiger partial charge is 0.337 e. The van der Waals surface area contributed by atoms with Crippen LogP contribution in [0.5, 0.6) is 5.75 Å². The molecule has 0 aliphatic carbocycles. The number of aryl methyl sites for hydroxylation is 1. The van der Waals surface area contributed by atoms with Crippen molar-refractivity contribution in [2.24, 2.45) is 0 Å². The van der Waals surface area contributed by atoms with Crippen molar-refractivity contribution >= 4 is 28.9 Å². The second-order valence-corrected chi connectivity index (χ2v) is 8.00. The second kappa shape index (κ2) is 9.65. The van der Waals surface area contributed by atoms with Crippen LogP contribution in [-0.2, 0) is 0 Å². The minimum Gasteiger partial charge on any atom is -0.495 e. The molecular weight excluding hydrogens is 418 g/mol. The zero-order valence-corrected chi connectivity index (χ0v) is 18.7. The third-order valence-electron chi connectivity index (χ3n) is 5.87. The van der Waals surface area contributed by atoms with Crippen LogP contribution in [0, 0.1) is 6.92 Å². The maximum atomic E-state index is 12.6. The molecule has 1 amide bonds. The van der Waals surface area contributed by atoms with Crippen molar-refractivity contribution in [2.75, 3.05) is 48.4 Å². The summed E-state index contributed by atoms with van der Waals surface area (Å²) in [5.41, 5.74) is 3.76. The number of ether oxygens (including phenoxy) is 1. The first-order valence-corrected chi connectivity index (χ1v) is 10.8. The summed E-state index contributed by atoms with van der Waals surface area (Å²) >= 11 is 0. The van der Waals surface area contributed by atoms with E-state index in [0.717, 1.165) is 48.9 Å². The number of amides is 1. The monoisotopic (exact) mass is 445 g/mol. The Morgan fingerprint density at radius 1 is 0.909 bits per heavy atom. The van der Waals surface area contributed by atoms with Crippen LogP contribution in [0.4, 0.5) is 17.1 Å². The first-order chi connectivity index (χ1) is 16.0. The van der Waals surface area contributed by atoms with E-state index in [0.29, 0.717) is 5.56 Å². The SMILES string of the molecule is COc1ccccc1N1CCN(c2ccc(NC(=O)c3ccc(C)cc3)c(C(=O)O)c2)CC1. The number of carboxylic acid groups (broad SMARTS) is 1. The average molecular weight is 446 g/mol. The number of rotatable bonds is 6. The van der Waals surface area contributed by atoms with E-state index in [9.17, 15) is 14.7 Å². The number of anilines is 3. The van der Waals surface area contributed by atoms with E-state index >= 15 is 0 Å². The number of nitrogens with one attached hydrogen (secondary N) is 1. The van der Waals surface area contributed by atoms with Gasteiger partial charge in [-0.15, -0.1) is 0 Å². The largest absolute Gasteiger partial charge is 0.495 e. The number of carbonyl (C=O) groups is 2. The Balaban J connectivity index is 1.48. The molecule has 1 aliphatic heterocycles. The molecule has 4 rings (SSSR count). The summed E-state index contributed by atoms with van der Waals surface area (Å²) in [4.78, 5) is 28.9. The predicted molar refractivity (Wildman–Crippen MR) is 130 cm³/mol. The van der Waals surface area contributed by atoms with Gasteiger partial charge in [-0.05, 0) is 49.4 Å². The predicted octanol–water partition coefficient (Wildman–Crippen LogP) is 4.28. The molecule has 0 bridgehead atoms. The quantitative estimate of drug-likeness (QED) is 0.589. The number of nitrogens with zero attached hydrogens (tertiary/aromatic N) is 2. The number of carboxylic acids is 1. The van der Waals surface area contributed by atoms with Gasteiger partial charge in [-0.25, -0.2) is 4.79 Å². The van der Waals surface area contributed by atoms with Crippen LogP contribution in [0.15, 0.2) is 66.7 Å². The lowest BCUT2D eigenvalue weighted by Gasteiger charge is -2.38. The van der Waals surface area contributed by atoms with E-state index in [4.69, 9.17) is 4.74 Å². The molecule has 33 heavy (non-hydrogen) atoms. The van der Waals surface area contributed by atoms with Gasteiger partial charge in [-0.2, -0.15) is 0 Å². The zero-order valence-electron chi connectivity index (χ0n) is 18.7. The lowest BCUT2D eigenvalue weighted by atomic mass is 10.1. The van der Waals surface area contributed by atoms with Gasteiger partial charge in [-0.3, -0.25) is 4.79 Å². The Kier molecular flexibility index (Phi) is 6.49. The molecule has 3 aromatic rings. The maximum absolute atomic E-state index is 12.6. The molecule has 0 atom stereocenters. The van der Waals surface area contributed by atoms with Crippen molar-refractivity contribution in [1.29, 1.82) is 0 Å². The van der Waals surface area contributed by atoms with Crippen LogP contribution in [0.3, 0.4) is 0 Å². The summed E-state index contributed by atoms with van der Waals surface area (Å²) in [6.07, 6.45) is 0. The van der Waals surface area contributed by atoms with E-state index < -0.39 is 5.97 Å². The molecule has 3 aromatic carbocycles. The molecule has 2 N–H and O–H groups in total. The average Bonchev–Trinajstić information content (AvgIpc) is 2.84. The van der Waals surface area contributed by atoms with Gasteiger partial charge in [0.25, 0.3) is 5.91 Å². The molecule has 0 aromatic heterocycles. The number of hydrogen-bond acceptors (Lipinski definition) is 5. The van der Waals surface area contributed by atoms with Gasteiger partial charge in [0.05, 0.1) is 24.0 Å². The van der Waals surface area contributed by atoms with E-state index in [1.165, 1.54) is 0 Å². The molecule has 1 fully saturated rings. The van der Waals surface area contributed by atoms with Crippen molar-refractivity contribution < 1.29 is 19.4 Å². The number of aromatic carboxylic acids is 1. The highest BCUT2D eigenvalue weighted by Crippen LogP contribution is 2.30. The fraction of sp³-hybridized carbons (Fsp3) is 0.231. The lowest BCUT2D eigenvalue weighted by molar-refractivity contribution is 0.0698. The van der Waals surface area contributed by atoms with E-state index in [1.54, 1.807) is 31.4 Å². The summed E-state index contributed by atoms with van der Waals surface area (Å²) in [6.45, 7) is 5.00. The van der Waals surface area contributed by atoms with Crippen LogP contribution in [0.1, 0.15) is 26.3 Å². The van der Waals surface area contributed by atoms with Crippen molar-refractivity contribution in [3.05, 3.63) is 83.4 Å². The van der Waals surface area contributed by atoms with Gasteiger partial charge >= 0.3 is 5.97 Å². The molecule has 0 unspecified atom stereocenters. The summed E-state index contributed by atoms with van der Waals surface area (Å²) in [6, 6.07) is 20.2. The number of benzene rings is 3. The second-order valence-electron chi connectivity index (χ2n) is 8.00. The Morgan fingerprint density at radius 3 is 2.24 bits per heavy atom. The van der Waals surface area contributed by atoms with Gasteiger partial charge in [-0.1, -0.05) is 29.8 Å². The Hall–Kier alpha value is -4.00. The van der Waals surface area contributed by atoms with Crippen LogP contribution in [0.25, 0.3) is 0 Å². The summed E-state index contributed by atoms with van der Waals surface area (Å²) in [5, 5.41) is 12.5. The van der Waals surface area contributed by atoms with Gasteiger partial charge in [0.1, 0.15) is 5.75 Å². The molecule has 1 heterocycles. The molecule has 0 radical (unpaired) electrons. The number of piperazine rings is 1. The zero-order chi connectivity index (χ0) is 23.4. The number of methoxy groups -OCH3 is 1. The number of hydrogen-bond donors (Lipinski definition) is 2. The molecule has 0 saturated carbocycles. The van der Waals surface area contributed by atoms with Crippen LogP contribution >= 0.6 is 0 Å². The fourth-order valence-corrected chi connectivity index (χ4v) is 4.01. The third-order valence-corrected chi connectivity index (χ3v) is 5.87. The molecule has 7 nitrogen and oxygen atoms in total. The maximum Gasteiger partial charge on any atom is 0.337 e. The van der Waals surface area contributed by atoms with Crippen LogP contribution in [-0.4, -0.2) is 50.3 Å². The number of carbonyl (C=O) groups excluding carboxylic acids is 1. The topological polar surface area (TPSA) is 82.1 Å². The molecule has 1 aliphatic rings. The highest BCUT2D eigenvalue weighted by Gasteiger charge is 2.22. The Bertz CT molecular complexity index is 1150. The first-order valence-electron chi connectivity index (χ1n) is 10.8. The lowest BCUT2D eigenvalue weighted by Crippen LogP contribution is -2.46. The Morgan fingerprint density at radius 2 is 1.58 bits per heavy atom. The third kappa shape index (κ3) is 4.92. The minimum absolute atomic E-state index is 0.0696. The summed E-state index contributed by atoms with van der Waals surface area (Å²) in [5.74, 6) is -0.577. The van der Waals surface area contributed by atoms with Crippen molar-refractivity contribution in [3.8, 4) is 5.75 Å². The molecule has 1 saturated heterocycles. The van der Waals surface area contributed by atoms with Crippen molar-refractivity contribution in [3.63, 3.8) is 0 Å². The highest BCUT2D eigenvalue weighted by atomic mass is 16.5. The standard InChI is InChI=1S/C26H27N3O4/c1-18-7-9-19(10-8-18)25(30)27-22-12-11-20(17-21(22)26(31)32)28-13-15-29(16-14-28)23-5-3-4-6-24(23)33-2/h3-12,17H,13-16H2,1-2H3,(H,27,30)(H,31,32). The highest BCUT2D eigenvalue weighted by molar-refractivity contribution is 6.08. The van der Waals surface area contributed by atoms with E-state index in [2.05, 4.69) is 15.1 Å². The molecule has 7 heteroatoms. The normalized spacial score (nSPS) is 13.5. The van der Waals surface area contributed by atoms with Crippen molar-refractivity contribution in [1.82, 2.24) is 0 Å². The van der Waals surface area contributed by atoms with Crippen LogP contribution in [0.2, 0.25) is 0 Å². The van der Waals surface area contributed by atoms with Gasteiger partial charge in [0.2, 0.25) is 0 Å². The summed E-state index contributed by atoms with van der Waals surface area (Å²) in [7, 11) is 1.67. The van der Waals surface area contributed by atoms with Gasteiger partial charge < -0.3 is 25.0 Å².